The maximum atomic E-state index is 11.6. The molecule has 4 nitrogen and oxygen atoms in total. The fourth-order valence-electron chi connectivity index (χ4n) is 1.70. The molecule has 0 aliphatic rings. The van der Waals surface area contributed by atoms with Crippen LogP contribution in [0.1, 0.15) is 5.56 Å². The number of hydrogen-bond donors (Lipinski definition) is 1. The van der Waals surface area contributed by atoms with Crippen LogP contribution in [0.15, 0.2) is 35.6 Å². The maximum absolute atomic E-state index is 11.6. The molecular formula is C12H12ClN3O. The molecule has 0 radical (unpaired) electrons. The van der Waals surface area contributed by atoms with Gasteiger partial charge in [0.15, 0.2) is 5.82 Å². The number of nitrogens with zero attached hydrogens (tertiary/aromatic N) is 2. The van der Waals surface area contributed by atoms with Gasteiger partial charge in [0.05, 0.1) is 0 Å². The maximum Gasteiger partial charge on any atom is 0.343 e. The van der Waals surface area contributed by atoms with Crippen LogP contribution in [0, 0.1) is 6.92 Å². The van der Waals surface area contributed by atoms with E-state index in [0.29, 0.717) is 17.4 Å². The molecule has 0 aliphatic heterocycles. The molecular weight excluding hydrogens is 238 g/mol. The Bertz CT molecular complexity index is 612. The Kier molecular flexibility index (Phi) is 3.15. The Balaban J connectivity index is 2.60. The van der Waals surface area contributed by atoms with Crippen LogP contribution in [-0.4, -0.2) is 14.8 Å². The van der Waals surface area contributed by atoms with Gasteiger partial charge in [-0.2, -0.15) is 5.10 Å². The highest BCUT2D eigenvalue weighted by molar-refractivity contribution is 6.30. The minimum atomic E-state index is -0.241. The summed E-state index contributed by atoms with van der Waals surface area (Å²) in [6, 6.07) is 5.47. The molecule has 1 aromatic heterocycles. The highest BCUT2D eigenvalue weighted by atomic mass is 35.5. The van der Waals surface area contributed by atoms with Gasteiger partial charge in [-0.3, -0.25) is 4.57 Å². The molecule has 88 valence electrons. The molecule has 0 bridgehead atoms. The van der Waals surface area contributed by atoms with Gasteiger partial charge < -0.3 is 0 Å². The third kappa shape index (κ3) is 2.17. The third-order valence-electron chi connectivity index (χ3n) is 2.50. The Morgan fingerprint density at radius 3 is 3.00 bits per heavy atom. The molecule has 0 atom stereocenters. The van der Waals surface area contributed by atoms with Crippen molar-refractivity contribution in [1.29, 1.82) is 0 Å². The Morgan fingerprint density at radius 2 is 2.35 bits per heavy atom. The number of allylic oxidation sites excluding steroid dienone is 1. The van der Waals surface area contributed by atoms with E-state index in [1.54, 1.807) is 12.1 Å². The smallest absolute Gasteiger partial charge is 0.271 e. The molecule has 2 rings (SSSR count). The summed E-state index contributed by atoms with van der Waals surface area (Å²) < 4.78 is 1.53. The second-order valence-electron chi connectivity index (χ2n) is 3.71. The lowest BCUT2D eigenvalue weighted by Gasteiger charge is -2.06. The number of halogens is 1. The van der Waals surface area contributed by atoms with Crippen molar-refractivity contribution in [3.63, 3.8) is 0 Å². The number of nitrogens with one attached hydrogen (secondary N) is 1. The largest absolute Gasteiger partial charge is 0.343 e. The lowest BCUT2D eigenvalue weighted by Crippen LogP contribution is -2.16. The minimum absolute atomic E-state index is 0.241. The van der Waals surface area contributed by atoms with Crippen LogP contribution in [0.3, 0.4) is 0 Å². The van der Waals surface area contributed by atoms with Gasteiger partial charge in [0.25, 0.3) is 0 Å². The Hall–Kier alpha value is -1.81. The summed E-state index contributed by atoms with van der Waals surface area (Å²) in [7, 11) is 0. The second kappa shape index (κ2) is 4.59. The average molecular weight is 250 g/mol. The summed E-state index contributed by atoms with van der Waals surface area (Å²) >= 11 is 5.90. The first-order valence-corrected chi connectivity index (χ1v) is 5.54. The molecule has 0 saturated heterocycles. The highest BCUT2D eigenvalue weighted by Crippen LogP contribution is 2.23. The highest BCUT2D eigenvalue weighted by Gasteiger charge is 2.11. The Morgan fingerprint density at radius 1 is 1.59 bits per heavy atom. The van der Waals surface area contributed by atoms with Gasteiger partial charge in [0.2, 0.25) is 0 Å². The lowest BCUT2D eigenvalue weighted by molar-refractivity contribution is 0.789. The molecule has 0 saturated carbocycles. The SMILES string of the molecule is C=CCn1c(-c2ccc(Cl)cc2C)n[nH]c1=O. The first kappa shape index (κ1) is 11.7. The van der Waals surface area contributed by atoms with Crippen molar-refractivity contribution in [3.8, 4) is 11.4 Å². The fourth-order valence-corrected chi connectivity index (χ4v) is 1.93. The molecule has 5 heteroatoms. The number of rotatable bonds is 3. The molecule has 17 heavy (non-hydrogen) atoms. The standard InChI is InChI=1S/C12H12ClN3O/c1-3-6-16-11(14-15-12(16)17)10-5-4-9(13)7-8(10)2/h3-5,7H,1,6H2,2H3,(H,15,17). The first-order chi connectivity index (χ1) is 8.13. The number of aromatic nitrogens is 3. The topological polar surface area (TPSA) is 50.7 Å². The van der Waals surface area contributed by atoms with Crippen molar-refractivity contribution in [2.24, 2.45) is 0 Å². The van der Waals surface area contributed by atoms with Crippen LogP contribution in [0.2, 0.25) is 5.02 Å². The van der Waals surface area contributed by atoms with Crippen molar-refractivity contribution in [2.45, 2.75) is 13.5 Å². The third-order valence-corrected chi connectivity index (χ3v) is 2.73. The van der Waals surface area contributed by atoms with Crippen molar-refractivity contribution in [3.05, 3.63) is 51.9 Å². The van der Waals surface area contributed by atoms with E-state index in [2.05, 4.69) is 16.8 Å². The van der Waals surface area contributed by atoms with Crippen LogP contribution in [0.4, 0.5) is 0 Å². The van der Waals surface area contributed by atoms with Gasteiger partial charge >= 0.3 is 5.69 Å². The molecule has 0 spiro atoms. The molecule has 2 aromatic rings. The molecule has 0 unspecified atom stereocenters. The zero-order valence-corrected chi connectivity index (χ0v) is 10.2. The summed E-state index contributed by atoms with van der Waals surface area (Å²) in [5, 5.41) is 7.13. The van der Waals surface area contributed by atoms with Gasteiger partial charge in [-0.25, -0.2) is 9.89 Å². The number of hydrogen-bond acceptors (Lipinski definition) is 2. The van der Waals surface area contributed by atoms with E-state index in [1.807, 2.05) is 19.1 Å². The van der Waals surface area contributed by atoms with Crippen molar-refractivity contribution in [1.82, 2.24) is 14.8 Å². The van der Waals surface area contributed by atoms with E-state index < -0.39 is 0 Å². The van der Waals surface area contributed by atoms with E-state index >= 15 is 0 Å². The molecule has 1 aromatic carbocycles. The molecule has 0 aliphatic carbocycles. The first-order valence-electron chi connectivity index (χ1n) is 5.16. The van der Waals surface area contributed by atoms with E-state index in [1.165, 1.54) is 4.57 Å². The summed E-state index contributed by atoms with van der Waals surface area (Å²) in [4.78, 5) is 11.6. The summed E-state index contributed by atoms with van der Waals surface area (Å²) in [6.07, 6.45) is 1.66. The molecule has 0 amide bonds. The van der Waals surface area contributed by atoms with Gasteiger partial charge in [-0.15, -0.1) is 6.58 Å². The van der Waals surface area contributed by atoms with Crippen molar-refractivity contribution >= 4 is 11.6 Å². The monoisotopic (exact) mass is 249 g/mol. The van der Waals surface area contributed by atoms with Gasteiger partial charge in [-0.05, 0) is 30.7 Å². The van der Waals surface area contributed by atoms with Gasteiger partial charge in [-0.1, -0.05) is 17.7 Å². The summed E-state index contributed by atoms with van der Waals surface area (Å²) in [5.41, 5.74) is 1.62. The predicted octanol–water partition coefficient (Wildman–Crippen LogP) is 2.39. The molecule has 1 N–H and O–H groups in total. The van der Waals surface area contributed by atoms with Crippen LogP contribution >= 0.6 is 11.6 Å². The van der Waals surface area contributed by atoms with Crippen LogP contribution in [0.5, 0.6) is 0 Å². The summed E-state index contributed by atoms with van der Waals surface area (Å²) in [6.45, 7) is 5.98. The van der Waals surface area contributed by atoms with Crippen LogP contribution < -0.4 is 5.69 Å². The second-order valence-corrected chi connectivity index (χ2v) is 4.15. The normalized spacial score (nSPS) is 10.5. The average Bonchev–Trinajstić information content (AvgIpc) is 2.62. The number of aromatic amines is 1. The lowest BCUT2D eigenvalue weighted by atomic mass is 10.1. The van der Waals surface area contributed by atoms with E-state index in [-0.39, 0.29) is 5.69 Å². The quantitative estimate of drug-likeness (QED) is 0.850. The van der Waals surface area contributed by atoms with Gasteiger partial charge in [0, 0.05) is 17.1 Å². The zero-order chi connectivity index (χ0) is 12.4. The molecule has 1 heterocycles. The van der Waals surface area contributed by atoms with Gasteiger partial charge in [0.1, 0.15) is 0 Å². The fraction of sp³-hybridized carbons (Fsp3) is 0.167. The van der Waals surface area contributed by atoms with Crippen LogP contribution in [-0.2, 0) is 6.54 Å². The predicted molar refractivity (Wildman–Crippen MR) is 68.2 cm³/mol. The summed E-state index contributed by atoms with van der Waals surface area (Å²) in [5.74, 6) is 0.601. The minimum Gasteiger partial charge on any atom is -0.271 e. The van der Waals surface area contributed by atoms with Crippen molar-refractivity contribution < 1.29 is 0 Å². The van der Waals surface area contributed by atoms with Crippen LogP contribution in [0.25, 0.3) is 11.4 Å². The van der Waals surface area contributed by atoms with E-state index in [0.717, 1.165) is 11.1 Å². The molecule has 0 fully saturated rings. The number of aryl methyl sites for hydroxylation is 1. The number of benzene rings is 1. The Labute approximate surface area is 104 Å². The van der Waals surface area contributed by atoms with E-state index in [9.17, 15) is 4.79 Å². The zero-order valence-electron chi connectivity index (χ0n) is 9.40. The van der Waals surface area contributed by atoms with Crippen molar-refractivity contribution in [2.75, 3.05) is 0 Å². The van der Waals surface area contributed by atoms with E-state index in [4.69, 9.17) is 11.6 Å². The number of H-pyrrole nitrogens is 1.